The van der Waals surface area contributed by atoms with Gasteiger partial charge in [-0.05, 0) is 44.9 Å². The predicted molar refractivity (Wildman–Crippen MR) is 285 cm³/mol. The van der Waals surface area contributed by atoms with E-state index in [0.717, 1.165) is 89.9 Å². The maximum absolute atomic E-state index is 13.1. The van der Waals surface area contributed by atoms with Crippen LogP contribution in [0.3, 0.4) is 0 Å². The van der Waals surface area contributed by atoms with Gasteiger partial charge in [0.1, 0.15) is 18.8 Å². The van der Waals surface area contributed by atoms with Gasteiger partial charge in [-0.25, -0.2) is 4.79 Å². The van der Waals surface area contributed by atoms with Crippen molar-refractivity contribution >= 4 is 23.9 Å². The molecule has 414 valence electrons. The second-order valence-corrected chi connectivity index (χ2v) is 20.3. The fourth-order valence-electron chi connectivity index (χ4n) is 9.00. The minimum atomic E-state index is -1.90. The average molecular weight is 1010 g/mol. The van der Waals surface area contributed by atoms with Crippen molar-refractivity contribution in [3.05, 3.63) is 24.3 Å². The average Bonchev–Trinajstić information content (AvgIpc) is 3.35. The normalized spacial score (nSPS) is 18.6. The number of aliphatic carboxylic acids is 1. The molecule has 0 aliphatic carbocycles. The summed E-state index contributed by atoms with van der Waals surface area (Å²) in [5.41, 5.74) is 0. The molecule has 1 rings (SSSR count). The third-order valence-corrected chi connectivity index (χ3v) is 13.5. The number of rotatable bonds is 50. The van der Waals surface area contributed by atoms with Crippen molar-refractivity contribution in [2.24, 2.45) is 0 Å². The summed E-state index contributed by atoms with van der Waals surface area (Å²) in [6.07, 6.45) is 41.7. The maximum Gasteiger partial charge on any atom is 0.335 e. The minimum absolute atomic E-state index is 0.0664. The molecule has 0 radical (unpaired) electrons. The standard InChI is InChI=1S/C59H106O12/c1-4-7-10-13-16-19-21-23-24-25-26-27-28-30-32-35-38-41-44-47-53(62)70-57-55(64)54(63)56(58(65)66)71-59(57)68-49-50(69-52(61)46-43-40-37-33-18-15-12-9-6-3)48-67-51(60)45-42-39-36-34-31-29-22-20-17-14-11-8-5-2/h11,14,20,22,50,54-57,59,63-64H,4-10,12-13,15-19,21,23-49H2,1-3H3,(H,65,66)/b14-11-,22-20-. The smallest absolute Gasteiger partial charge is 0.335 e. The van der Waals surface area contributed by atoms with E-state index >= 15 is 0 Å². The quantitative estimate of drug-likeness (QED) is 0.0228. The molecule has 0 aromatic carbocycles. The number of ether oxygens (including phenoxy) is 5. The first kappa shape index (κ1) is 66.2. The molecule has 0 saturated carbocycles. The molecule has 0 spiro atoms. The van der Waals surface area contributed by atoms with Crippen molar-refractivity contribution in [2.45, 2.75) is 314 Å². The molecule has 1 aliphatic rings. The van der Waals surface area contributed by atoms with Crippen molar-refractivity contribution < 1.29 is 58.2 Å². The largest absolute Gasteiger partial charge is 0.479 e. The molecule has 0 aromatic heterocycles. The van der Waals surface area contributed by atoms with Crippen LogP contribution in [0.5, 0.6) is 0 Å². The Morgan fingerprint density at radius 1 is 0.465 bits per heavy atom. The number of hydrogen-bond acceptors (Lipinski definition) is 11. The first-order chi connectivity index (χ1) is 34.6. The lowest BCUT2D eigenvalue weighted by molar-refractivity contribution is -0.301. The van der Waals surface area contributed by atoms with Crippen LogP contribution in [0.1, 0.15) is 278 Å². The summed E-state index contributed by atoms with van der Waals surface area (Å²) >= 11 is 0. The highest BCUT2D eigenvalue weighted by atomic mass is 16.7. The molecule has 12 heteroatoms. The van der Waals surface area contributed by atoms with E-state index in [2.05, 4.69) is 45.1 Å². The van der Waals surface area contributed by atoms with Crippen LogP contribution < -0.4 is 0 Å². The fourth-order valence-corrected chi connectivity index (χ4v) is 9.00. The van der Waals surface area contributed by atoms with Gasteiger partial charge in [-0.15, -0.1) is 0 Å². The van der Waals surface area contributed by atoms with E-state index in [1.807, 2.05) is 0 Å². The van der Waals surface area contributed by atoms with Crippen LogP contribution in [-0.4, -0.2) is 89.2 Å². The first-order valence-electron chi connectivity index (χ1n) is 29.3. The van der Waals surface area contributed by atoms with Gasteiger partial charge in [0.15, 0.2) is 24.6 Å². The Kier molecular flexibility index (Phi) is 44.9. The number of carbonyl (C=O) groups is 4. The molecule has 6 unspecified atom stereocenters. The van der Waals surface area contributed by atoms with Crippen molar-refractivity contribution in [3.63, 3.8) is 0 Å². The monoisotopic (exact) mass is 1010 g/mol. The third kappa shape index (κ3) is 38.4. The summed E-state index contributed by atoms with van der Waals surface area (Å²) in [7, 11) is 0. The van der Waals surface area contributed by atoms with Gasteiger partial charge in [-0.3, -0.25) is 14.4 Å². The van der Waals surface area contributed by atoms with Crippen molar-refractivity contribution in [3.8, 4) is 0 Å². The van der Waals surface area contributed by atoms with Crippen molar-refractivity contribution in [2.75, 3.05) is 13.2 Å². The SMILES string of the molecule is CCC/C=C\C/C=C\CCCCCCCC(=O)OCC(COC1OC(C(=O)O)C(O)C(O)C1OC(=O)CCCCCCCCCCCCCCCCCCCCC)OC(=O)CCCCCCCCCCC. The number of unbranched alkanes of at least 4 members (excludes halogenated alkanes) is 32. The van der Waals surface area contributed by atoms with Crippen LogP contribution in [0.4, 0.5) is 0 Å². The van der Waals surface area contributed by atoms with Gasteiger partial charge >= 0.3 is 23.9 Å². The van der Waals surface area contributed by atoms with E-state index in [9.17, 15) is 34.5 Å². The second-order valence-electron chi connectivity index (χ2n) is 20.3. The van der Waals surface area contributed by atoms with Gasteiger partial charge < -0.3 is 39.0 Å². The molecular formula is C59H106O12. The molecule has 1 saturated heterocycles. The van der Waals surface area contributed by atoms with Gasteiger partial charge in [0.2, 0.25) is 0 Å². The van der Waals surface area contributed by atoms with Crippen molar-refractivity contribution in [1.29, 1.82) is 0 Å². The van der Waals surface area contributed by atoms with E-state index in [0.29, 0.717) is 19.3 Å². The minimum Gasteiger partial charge on any atom is -0.479 e. The van der Waals surface area contributed by atoms with Crippen LogP contribution in [0.2, 0.25) is 0 Å². The number of carbonyl (C=O) groups excluding carboxylic acids is 3. The van der Waals surface area contributed by atoms with E-state index < -0.39 is 67.3 Å². The lowest BCUT2D eigenvalue weighted by atomic mass is 9.98. The molecule has 1 fully saturated rings. The molecule has 1 aliphatic heterocycles. The number of aliphatic hydroxyl groups is 2. The molecule has 0 amide bonds. The van der Waals surface area contributed by atoms with Crippen LogP contribution >= 0.6 is 0 Å². The summed E-state index contributed by atoms with van der Waals surface area (Å²) in [6.45, 7) is 5.91. The summed E-state index contributed by atoms with van der Waals surface area (Å²) in [5.74, 6) is -3.11. The summed E-state index contributed by atoms with van der Waals surface area (Å²) < 4.78 is 28.4. The van der Waals surface area contributed by atoms with Crippen LogP contribution in [0.15, 0.2) is 24.3 Å². The van der Waals surface area contributed by atoms with Crippen LogP contribution in [-0.2, 0) is 42.9 Å². The fraction of sp³-hybridized carbons (Fsp3) is 0.864. The Labute approximate surface area is 432 Å². The Bertz CT molecular complexity index is 1340. The van der Waals surface area contributed by atoms with Crippen molar-refractivity contribution in [1.82, 2.24) is 0 Å². The van der Waals surface area contributed by atoms with E-state index in [1.165, 1.54) is 128 Å². The molecule has 0 bridgehead atoms. The molecule has 6 atom stereocenters. The highest BCUT2D eigenvalue weighted by molar-refractivity contribution is 5.74. The van der Waals surface area contributed by atoms with Gasteiger partial charge in [0.05, 0.1) is 6.61 Å². The predicted octanol–water partition coefficient (Wildman–Crippen LogP) is 14.7. The van der Waals surface area contributed by atoms with E-state index in [1.54, 1.807) is 0 Å². The highest BCUT2D eigenvalue weighted by Gasteiger charge is 2.50. The topological polar surface area (TPSA) is 175 Å². The first-order valence-corrected chi connectivity index (χ1v) is 29.3. The Hall–Kier alpha value is -2.80. The molecule has 1 heterocycles. The molecular weight excluding hydrogens is 901 g/mol. The Balaban J connectivity index is 2.62. The maximum atomic E-state index is 13.1. The third-order valence-electron chi connectivity index (χ3n) is 13.5. The van der Waals surface area contributed by atoms with Gasteiger partial charge in [0, 0.05) is 19.3 Å². The summed E-state index contributed by atoms with van der Waals surface area (Å²) in [5, 5.41) is 31.4. The number of aliphatic hydroxyl groups excluding tert-OH is 2. The van der Waals surface area contributed by atoms with Crippen LogP contribution in [0.25, 0.3) is 0 Å². The molecule has 3 N–H and O–H groups in total. The zero-order valence-electron chi connectivity index (χ0n) is 45.5. The number of esters is 3. The number of hydrogen-bond donors (Lipinski definition) is 3. The summed E-state index contributed by atoms with van der Waals surface area (Å²) in [6, 6.07) is 0. The highest BCUT2D eigenvalue weighted by Crippen LogP contribution is 2.27. The second kappa shape index (κ2) is 48.2. The van der Waals surface area contributed by atoms with Gasteiger partial charge in [-0.1, -0.05) is 238 Å². The zero-order valence-corrected chi connectivity index (χ0v) is 45.5. The molecule has 71 heavy (non-hydrogen) atoms. The number of carboxylic acid groups (broad SMARTS) is 1. The van der Waals surface area contributed by atoms with E-state index in [4.69, 9.17) is 23.7 Å². The van der Waals surface area contributed by atoms with E-state index in [-0.39, 0.29) is 25.9 Å². The number of carboxylic acids is 1. The lowest BCUT2D eigenvalue weighted by Gasteiger charge is -2.40. The number of allylic oxidation sites excluding steroid dienone is 4. The van der Waals surface area contributed by atoms with Gasteiger partial charge in [0.25, 0.3) is 0 Å². The lowest BCUT2D eigenvalue weighted by Crippen LogP contribution is -2.61. The Morgan fingerprint density at radius 2 is 0.873 bits per heavy atom. The van der Waals surface area contributed by atoms with Crippen LogP contribution in [0, 0.1) is 0 Å². The molecule has 12 nitrogen and oxygen atoms in total. The summed E-state index contributed by atoms with van der Waals surface area (Å²) in [4.78, 5) is 50.9. The molecule has 0 aromatic rings. The van der Waals surface area contributed by atoms with Gasteiger partial charge in [-0.2, -0.15) is 0 Å². The zero-order chi connectivity index (χ0) is 51.8. The Morgan fingerprint density at radius 3 is 1.32 bits per heavy atom.